The van der Waals surface area contributed by atoms with Gasteiger partial charge in [-0.05, 0) is 98.5 Å². The third kappa shape index (κ3) is 11.2. The number of nitrogens with zero attached hydrogens (tertiary/aromatic N) is 6. The Morgan fingerprint density at radius 1 is 0.659 bits per heavy atom. The van der Waals surface area contributed by atoms with Crippen molar-refractivity contribution in [3.63, 3.8) is 0 Å². The monoisotopic (exact) mass is 602 g/mol. The van der Waals surface area contributed by atoms with E-state index in [0.717, 1.165) is 23.5 Å². The second-order valence-corrected chi connectivity index (χ2v) is 12.6. The quantitative estimate of drug-likeness (QED) is 0.135. The highest BCUT2D eigenvalue weighted by molar-refractivity contribution is 5.76. The number of hydrogen-bond donors (Lipinski definition) is 2. The van der Waals surface area contributed by atoms with Crippen LogP contribution in [0.5, 0.6) is 0 Å². The molecule has 0 unspecified atom stereocenters. The summed E-state index contributed by atoms with van der Waals surface area (Å²) in [5.41, 5.74) is 4.22. The topological polar surface area (TPSA) is 123 Å². The first-order valence-electron chi connectivity index (χ1n) is 14.9. The number of aliphatic hydroxyl groups is 2. The van der Waals surface area contributed by atoms with E-state index in [1.54, 1.807) is 0 Å². The smallest absolute Gasteiger partial charge is 0.311 e. The van der Waals surface area contributed by atoms with Crippen molar-refractivity contribution in [2.75, 3.05) is 56.3 Å². The van der Waals surface area contributed by atoms with Gasteiger partial charge in [0, 0.05) is 31.5 Å². The number of aliphatic hydroxyl groups excluding tert-OH is 2. The van der Waals surface area contributed by atoms with Gasteiger partial charge in [0.1, 0.15) is 6.61 Å². The van der Waals surface area contributed by atoms with E-state index in [4.69, 9.17) is 4.74 Å². The summed E-state index contributed by atoms with van der Waals surface area (Å²) in [5, 5.41) is 35.7. The molecule has 3 rings (SSSR count). The Bertz CT molecular complexity index is 1360. The molecule has 3 aromatic carbocycles. The highest BCUT2D eigenvalue weighted by Gasteiger charge is 2.33. The minimum atomic E-state index is -0.520. The predicted octanol–water partition coefficient (Wildman–Crippen LogP) is 7.75. The van der Waals surface area contributed by atoms with Crippen LogP contribution in [0.2, 0.25) is 0 Å². The Kier molecular flexibility index (Phi) is 12.5. The molecule has 0 radical (unpaired) electrons. The van der Waals surface area contributed by atoms with E-state index < -0.39 is 5.41 Å². The molecule has 0 saturated carbocycles. The number of azo groups is 2. The van der Waals surface area contributed by atoms with E-state index in [9.17, 15) is 15.0 Å². The molecule has 0 saturated heterocycles. The maximum Gasteiger partial charge on any atom is 0.311 e. The Labute approximate surface area is 261 Å². The number of likely N-dealkylation sites (N-methyl/N-ethyl adjacent to an activating group) is 1. The minimum Gasteiger partial charge on any atom is -0.463 e. The Morgan fingerprint density at radius 3 is 1.43 bits per heavy atom. The molecule has 236 valence electrons. The Morgan fingerprint density at radius 2 is 1.05 bits per heavy atom. The molecular formula is C34H46N6O4. The second kappa shape index (κ2) is 16.1. The Balaban J connectivity index is 1.49. The van der Waals surface area contributed by atoms with Gasteiger partial charge in [-0.1, -0.05) is 20.8 Å². The normalized spacial score (nSPS) is 12.2. The van der Waals surface area contributed by atoms with E-state index in [0.29, 0.717) is 43.3 Å². The van der Waals surface area contributed by atoms with Crippen molar-refractivity contribution >= 4 is 40.1 Å². The molecule has 0 fully saturated rings. The van der Waals surface area contributed by atoms with Crippen LogP contribution < -0.4 is 9.80 Å². The molecule has 0 aromatic heterocycles. The zero-order valence-corrected chi connectivity index (χ0v) is 26.8. The van der Waals surface area contributed by atoms with Crippen LogP contribution in [0.1, 0.15) is 41.0 Å². The lowest BCUT2D eigenvalue weighted by Gasteiger charge is -2.30. The van der Waals surface area contributed by atoms with Gasteiger partial charge >= 0.3 is 5.97 Å². The first-order chi connectivity index (χ1) is 20.9. The van der Waals surface area contributed by atoms with E-state index in [-0.39, 0.29) is 24.6 Å². The van der Waals surface area contributed by atoms with E-state index in [1.165, 1.54) is 0 Å². The van der Waals surface area contributed by atoms with Crippen molar-refractivity contribution in [1.29, 1.82) is 0 Å². The first-order valence-corrected chi connectivity index (χ1v) is 14.9. The number of benzene rings is 3. The molecule has 10 nitrogen and oxygen atoms in total. The average molecular weight is 603 g/mol. The molecule has 3 aromatic rings. The maximum absolute atomic E-state index is 12.6. The SMILES string of the molecule is CN(CCOC(=O)C(C)(C)CC(C)(C)C)c1ccc(N=Nc2ccc(N=Nc3ccc(N(CCO)CCO)cc3)cc2)cc1. The molecule has 0 aliphatic rings. The van der Waals surface area contributed by atoms with Gasteiger partial charge in [0.2, 0.25) is 0 Å². The average Bonchev–Trinajstić information content (AvgIpc) is 2.98. The molecule has 0 aliphatic carbocycles. The van der Waals surface area contributed by atoms with Crippen molar-refractivity contribution in [1.82, 2.24) is 0 Å². The lowest BCUT2D eigenvalue weighted by molar-refractivity contribution is -0.155. The minimum absolute atomic E-state index is 0.0131. The largest absolute Gasteiger partial charge is 0.463 e. The van der Waals surface area contributed by atoms with Crippen LogP contribution >= 0.6 is 0 Å². The molecule has 0 spiro atoms. The summed E-state index contributed by atoms with van der Waals surface area (Å²) in [6.07, 6.45) is 0.759. The lowest BCUT2D eigenvalue weighted by atomic mass is 9.76. The summed E-state index contributed by atoms with van der Waals surface area (Å²) in [7, 11) is 1.96. The molecule has 0 atom stereocenters. The van der Waals surface area contributed by atoms with Gasteiger partial charge in [0.15, 0.2) is 0 Å². The van der Waals surface area contributed by atoms with Gasteiger partial charge in [-0.2, -0.15) is 20.5 Å². The lowest BCUT2D eigenvalue weighted by Crippen LogP contribution is -2.33. The highest BCUT2D eigenvalue weighted by atomic mass is 16.5. The molecule has 0 bridgehead atoms. The summed E-state index contributed by atoms with van der Waals surface area (Å²) in [5.74, 6) is -0.166. The van der Waals surface area contributed by atoms with E-state index in [1.807, 2.05) is 103 Å². The summed E-state index contributed by atoms with van der Waals surface area (Å²) >= 11 is 0. The third-order valence-corrected chi connectivity index (χ3v) is 6.84. The van der Waals surface area contributed by atoms with Gasteiger partial charge in [0.05, 0.1) is 47.9 Å². The zero-order chi connectivity index (χ0) is 32.2. The van der Waals surface area contributed by atoms with Crippen LogP contribution in [0.4, 0.5) is 34.1 Å². The number of rotatable bonds is 15. The number of ether oxygens (including phenoxy) is 1. The zero-order valence-electron chi connectivity index (χ0n) is 26.8. The van der Waals surface area contributed by atoms with Gasteiger partial charge in [-0.25, -0.2) is 0 Å². The summed E-state index contributed by atoms with van der Waals surface area (Å²) in [4.78, 5) is 16.5. The van der Waals surface area contributed by atoms with E-state index in [2.05, 4.69) is 41.2 Å². The van der Waals surface area contributed by atoms with Crippen LogP contribution in [0, 0.1) is 10.8 Å². The van der Waals surface area contributed by atoms with Crippen molar-refractivity contribution in [3.05, 3.63) is 72.8 Å². The van der Waals surface area contributed by atoms with Gasteiger partial charge in [0.25, 0.3) is 0 Å². The van der Waals surface area contributed by atoms with Crippen molar-refractivity contribution in [3.8, 4) is 0 Å². The molecule has 44 heavy (non-hydrogen) atoms. The Hall–Kier alpha value is -4.15. The molecule has 0 aliphatic heterocycles. The molecule has 0 amide bonds. The highest BCUT2D eigenvalue weighted by Crippen LogP contribution is 2.34. The standard InChI is InChI=1S/C34H46N6O4/c1-33(2,3)25-34(4,5)32(43)44-24-21-39(6)30-15-11-28(12-16-30)37-35-26-7-9-27(10-8-26)36-38-29-13-17-31(18-14-29)40(19-22-41)20-23-42/h7-18,41-42H,19-25H2,1-6H3. The van der Waals surface area contributed by atoms with Crippen molar-refractivity contribution in [2.24, 2.45) is 31.3 Å². The summed E-state index contributed by atoms with van der Waals surface area (Å²) in [6, 6.07) is 22.5. The van der Waals surface area contributed by atoms with Crippen LogP contribution in [-0.2, 0) is 9.53 Å². The summed E-state index contributed by atoms with van der Waals surface area (Å²) in [6.45, 7) is 12.1. The number of carbonyl (C=O) groups excluding carboxylic acids is 1. The van der Waals surface area contributed by atoms with Gasteiger partial charge < -0.3 is 24.7 Å². The number of carbonyl (C=O) groups is 1. The first kappa shape index (κ1) is 34.3. The number of esters is 1. The summed E-state index contributed by atoms with van der Waals surface area (Å²) < 4.78 is 5.59. The molecule has 0 heterocycles. The van der Waals surface area contributed by atoms with Crippen LogP contribution in [-0.4, -0.2) is 62.7 Å². The fraction of sp³-hybridized carbons (Fsp3) is 0.441. The van der Waals surface area contributed by atoms with Crippen LogP contribution in [0.25, 0.3) is 0 Å². The fourth-order valence-electron chi connectivity index (χ4n) is 4.93. The van der Waals surface area contributed by atoms with Crippen LogP contribution in [0.15, 0.2) is 93.3 Å². The second-order valence-electron chi connectivity index (χ2n) is 12.6. The van der Waals surface area contributed by atoms with E-state index >= 15 is 0 Å². The number of anilines is 2. The van der Waals surface area contributed by atoms with Crippen molar-refractivity contribution in [2.45, 2.75) is 41.0 Å². The molecule has 2 N–H and O–H groups in total. The predicted molar refractivity (Wildman–Crippen MR) is 176 cm³/mol. The van der Waals surface area contributed by atoms with Gasteiger partial charge in [-0.15, -0.1) is 0 Å². The van der Waals surface area contributed by atoms with Gasteiger partial charge in [-0.3, -0.25) is 4.79 Å². The molecule has 10 heteroatoms. The fourth-order valence-corrected chi connectivity index (χ4v) is 4.93. The maximum atomic E-state index is 12.6. The van der Waals surface area contributed by atoms with Crippen molar-refractivity contribution < 1.29 is 19.7 Å². The number of hydrogen-bond acceptors (Lipinski definition) is 10. The molecular weight excluding hydrogens is 556 g/mol. The van der Waals surface area contributed by atoms with Crippen LogP contribution in [0.3, 0.4) is 0 Å². The third-order valence-electron chi connectivity index (χ3n) is 6.84.